The van der Waals surface area contributed by atoms with Crippen LogP contribution in [0.25, 0.3) is 0 Å². The van der Waals surface area contributed by atoms with Crippen LogP contribution in [-0.2, 0) is 4.74 Å². The highest BCUT2D eigenvalue weighted by Crippen LogP contribution is 2.27. The number of rotatable bonds is 3. The van der Waals surface area contributed by atoms with E-state index in [0.717, 1.165) is 32.3 Å². The summed E-state index contributed by atoms with van der Waals surface area (Å²) in [7, 11) is 0. The zero-order valence-corrected chi connectivity index (χ0v) is 10.1. The van der Waals surface area contributed by atoms with Crippen LogP contribution in [0.4, 0.5) is 0 Å². The molecule has 0 spiro atoms. The molecule has 1 saturated heterocycles. The Morgan fingerprint density at radius 1 is 1.38 bits per heavy atom. The highest BCUT2D eigenvalue weighted by molar-refractivity contribution is 4.97. The van der Waals surface area contributed by atoms with Crippen molar-refractivity contribution in [2.45, 2.75) is 63.6 Å². The molecule has 3 heteroatoms. The van der Waals surface area contributed by atoms with Crippen LogP contribution in [0.5, 0.6) is 0 Å². The summed E-state index contributed by atoms with van der Waals surface area (Å²) in [6, 6.07) is 3.44. The minimum atomic E-state index is 0.239. The summed E-state index contributed by atoms with van der Waals surface area (Å²) < 4.78 is 5.67. The third-order valence-corrected chi connectivity index (χ3v) is 3.95. The lowest BCUT2D eigenvalue weighted by molar-refractivity contribution is -0.00231. The second-order valence-electron chi connectivity index (χ2n) is 5.06. The van der Waals surface area contributed by atoms with Gasteiger partial charge in [-0.1, -0.05) is 13.3 Å². The Labute approximate surface area is 98.2 Å². The van der Waals surface area contributed by atoms with Crippen molar-refractivity contribution >= 4 is 0 Å². The molecular formula is C13H22N2O. The molecule has 1 N–H and O–H groups in total. The maximum Gasteiger partial charge on any atom is 0.0672 e. The Bertz CT molecular complexity index is 261. The predicted molar refractivity (Wildman–Crippen MR) is 62.9 cm³/mol. The van der Waals surface area contributed by atoms with Crippen molar-refractivity contribution in [1.82, 2.24) is 5.32 Å². The smallest absolute Gasteiger partial charge is 0.0672 e. The van der Waals surface area contributed by atoms with Gasteiger partial charge in [0.15, 0.2) is 0 Å². The molecule has 2 aliphatic rings. The van der Waals surface area contributed by atoms with Gasteiger partial charge in [-0.15, -0.1) is 0 Å². The summed E-state index contributed by atoms with van der Waals surface area (Å²) in [5, 5.41) is 12.7. The van der Waals surface area contributed by atoms with Crippen molar-refractivity contribution in [2.24, 2.45) is 5.92 Å². The molecule has 0 aromatic carbocycles. The molecule has 0 amide bonds. The number of hydrogen-bond acceptors (Lipinski definition) is 3. The van der Waals surface area contributed by atoms with Crippen LogP contribution in [0.1, 0.15) is 45.4 Å². The van der Waals surface area contributed by atoms with Gasteiger partial charge in [0, 0.05) is 18.7 Å². The number of ether oxygens (including phenoxy) is 1. The van der Waals surface area contributed by atoms with Gasteiger partial charge in [-0.05, 0) is 32.1 Å². The van der Waals surface area contributed by atoms with Gasteiger partial charge in [0.2, 0.25) is 0 Å². The van der Waals surface area contributed by atoms with E-state index in [9.17, 15) is 0 Å². The number of hydrogen-bond donors (Lipinski definition) is 1. The van der Waals surface area contributed by atoms with Crippen LogP contribution >= 0.6 is 0 Å². The van der Waals surface area contributed by atoms with E-state index in [1.54, 1.807) is 0 Å². The third-order valence-electron chi connectivity index (χ3n) is 3.95. The van der Waals surface area contributed by atoms with Crippen molar-refractivity contribution < 1.29 is 4.74 Å². The van der Waals surface area contributed by atoms with E-state index in [2.05, 4.69) is 18.3 Å². The van der Waals surface area contributed by atoms with Crippen LogP contribution in [0, 0.1) is 17.2 Å². The molecule has 2 rings (SSSR count). The summed E-state index contributed by atoms with van der Waals surface area (Å²) in [4.78, 5) is 0. The molecule has 90 valence electrons. The molecule has 16 heavy (non-hydrogen) atoms. The van der Waals surface area contributed by atoms with Gasteiger partial charge < -0.3 is 10.1 Å². The molecule has 0 aromatic heterocycles. The lowest BCUT2D eigenvalue weighted by atomic mass is 9.98. The molecule has 4 atom stereocenters. The van der Waals surface area contributed by atoms with E-state index in [4.69, 9.17) is 10.00 Å². The first-order chi connectivity index (χ1) is 7.83. The molecule has 3 nitrogen and oxygen atoms in total. The number of nitrogens with zero attached hydrogens (tertiary/aromatic N) is 1. The zero-order valence-electron chi connectivity index (χ0n) is 10.1. The topological polar surface area (TPSA) is 45.0 Å². The summed E-state index contributed by atoms with van der Waals surface area (Å²) >= 11 is 0. The summed E-state index contributed by atoms with van der Waals surface area (Å²) in [6.45, 7) is 3.06. The quantitative estimate of drug-likeness (QED) is 0.796. The minimum Gasteiger partial charge on any atom is -0.378 e. The monoisotopic (exact) mass is 222 g/mol. The number of nitriles is 1. The Morgan fingerprint density at radius 2 is 2.25 bits per heavy atom. The Kier molecular flexibility index (Phi) is 4.20. The number of nitrogens with one attached hydrogen (secondary N) is 1. The lowest BCUT2D eigenvalue weighted by Gasteiger charge is -2.32. The first-order valence-corrected chi connectivity index (χ1v) is 6.60. The molecule has 0 aromatic rings. The van der Waals surface area contributed by atoms with Crippen LogP contribution < -0.4 is 5.32 Å². The van der Waals surface area contributed by atoms with Crippen molar-refractivity contribution in [3.05, 3.63) is 0 Å². The standard InChI is InChI=1S/C13H22N2O/c1-2-12-8-11(6-7-16-12)15-13-5-3-4-10(13)9-14/h10-13,15H,2-8H2,1H3. The van der Waals surface area contributed by atoms with E-state index in [0.29, 0.717) is 18.2 Å². The molecule has 1 aliphatic carbocycles. The molecule has 1 saturated carbocycles. The molecule has 0 bridgehead atoms. The maximum absolute atomic E-state index is 9.05. The fraction of sp³-hybridized carbons (Fsp3) is 0.923. The lowest BCUT2D eigenvalue weighted by Crippen LogP contribution is -2.45. The summed E-state index contributed by atoms with van der Waals surface area (Å²) in [5.41, 5.74) is 0. The van der Waals surface area contributed by atoms with Gasteiger partial charge in [-0.3, -0.25) is 0 Å². The molecule has 1 aliphatic heterocycles. The van der Waals surface area contributed by atoms with E-state index in [1.165, 1.54) is 12.8 Å². The molecule has 0 radical (unpaired) electrons. The van der Waals surface area contributed by atoms with Crippen molar-refractivity contribution in [3.63, 3.8) is 0 Å². The Hall–Kier alpha value is -0.590. The summed E-state index contributed by atoms with van der Waals surface area (Å²) in [5.74, 6) is 0.239. The highest BCUT2D eigenvalue weighted by Gasteiger charge is 2.30. The third kappa shape index (κ3) is 2.75. The predicted octanol–water partition coefficient (Wildman–Crippen LogP) is 2.23. The van der Waals surface area contributed by atoms with E-state index in [1.807, 2.05) is 0 Å². The first-order valence-electron chi connectivity index (χ1n) is 6.60. The van der Waals surface area contributed by atoms with E-state index < -0.39 is 0 Å². The van der Waals surface area contributed by atoms with Crippen LogP contribution in [-0.4, -0.2) is 24.8 Å². The molecule has 1 heterocycles. The van der Waals surface area contributed by atoms with Gasteiger partial charge in [0.25, 0.3) is 0 Å². The van der Waals surface area contributed by atoms with Gasteiger partial charge in [-0.2, -0.15) is 5.26 Å². The summed E-state index contributed by atoms with van der Waals surface area (Å²) in [6.07, 6.45) is 7.20. The average Bonchev–Trinajstić information content (AvgIpc) is 2.76. The SMILES string of the molecule is CCC1CC(NC2CCCC2C#N)CCO1. The largest absolute Gasteiger partial charge is 0.378 e. The second kappa shape index (κ2) is 5.65. The van der Waals surface area contributed by atoms with E-state index in [-0.39, 0.29) is 5.92 Å². The van der Waals surface area contributed by atoms with Gasteiger partial charge in [-0.25, -0.2) is 0 Å². The normalized spacial score (nSPS) is 39.5. The Morgan fingerprint density at radius 3 is 3.00 bits per heavy atom. The van der Waals surface area contributed by atoms with Crippen molar-refractivity contribution in [3.8, 4) is 6.07 Å². The Balaban J connectivity index is 1.82. The molecular weight excluding hydrogens is 200 g/mol. The van der Waals surface area contributed by atoms with Crippen LogP contribution in [0.15, 0.2) is 0 Å². The first kappa shape index (κ1) is 11.9. The maximum atomic E-state index is 9.05. The zero-order chi connectivity index (χ0) is 11.4. The minimum absolute atomic E-state index is 0.239. The molecule has 4 unspecified atom stereocenters. The van der Waals surface area contributed by atoms with Gasteiger partial charge in [0.05, 0.1) is 18.1 Å². The van der Waals surface area contributed by atoms with Crippen molar-refractivity contribution in [1.29, 1.82) is 5.26 Å². The van der Waals surface area contributed by atoms with Crippen molar-refractivity contribution in [2.75, 3.05) is 6.61 Å². The van der Waals surface area contributed by atoms with Gasteiger partial charge >= 0.3 is 0 Å². The highest BCUT2D eigenvalue weighted by atomic mass is 16.5. The second-order valence-corrected chi connectivity index (χ2v) is 5.06. The average molecular weight is 222 g/mol. The van der Waals surface area contributed by atoms with Gasteiger partial charge in [0.1, 0.15) is 0 Å². The van der Waals surface area contributed by atoms with E-state index >= 15 is 0 Å². The fourth-order valence-electron chi connectivity index (χ4n) is 2.93. The van der Waals surface area contributed by atoms with Crippen LogP contribution in [0.2, 0.25) is 0 Å². The fourth-order valence-corrected chi connectivity index (χ4v) is 2.93. The van der Waals surface area contributed by atoms with Crippen LogP contribution in [0.3, 0.4) is 0 Å². The molecule has 2 fully saturated rings.